The number of likely N-dealkylation sites (tertiary alicyclic amines) is 1. The molecule has 0 bridgehead atoms. The van der Waals surface area contributed by atoms with Gasteiger partial charge in [-0.05, 0) is 18.9 Å². The highest BCUT2D eigenvalue weighted by molar-refractivity contribution is 5.97. The summed E-state index contributed by atoms with van der Waals surface area (Å²) in [5.41, 5.74) is 5.90. The third-order valence-corrected chi connectivity index (χ3v) is 3.45. The number of hydrogen-bond donors (Lipinski definition) is 1. The molecule has 0 unspecified atom stereocenters. The van der Waals surface area contributed by atoms with Crippen LogP contribution in [0.3, 0.4) is 0 Å². The molecule has 2 rings (SSSR count). The average Bonchev–Trinajstić information content (AvgIpc) is 2.46. The Labute approximate surface area is 128 Å². The van der Waals surface area contributed by atoms with Crippen LogP contribution >= 0.6 is 12.4 Å². The van der Waals surface area contributed by atoms with Crippen LogP contribution in [-0.2, 0) is 0 Å². The van der Waals surface area contributed by atoms with Crippen molar-refractivity contribution in [1.82, 2.24) is 4.90 Å². The molecule has 1 fully saturated rings. The lowest BCUT2D eigenvalue weighted by molar-refractivity contribution is -0.384. The average molecular weight is 316 g/mol. The Morgan fingerprint density at radius 3 is 2.57 bits per heavy atom. The summed E-state index contributed by atoms with van der Waals surface area (Å²) in [5.74, 6) is 0.0907. The van der Waals surface area contributed by atoms with Crippen LogP contribution in [0.15, 0.2) is 18.2 Å². The third-order valence-electron chi connectivity index (χ3n) is 3.45. The van der Waals surface area contributed by atoms with Crippen LogP contribution in [0, 0.1) is 10.1 Å². The Kier molecular flexibility index (Phi) is 5.92. The lowest BCUT2D eigenvalue weighted by atomic mass is 10.0. The van der Waals surface area contributed by atoms with E-state index in [2.05, 4.69) is 0 Å². The number of nitro benzene ring substituents is 1. The summed E-state index contributed by atoms with van der Waals surface area (Å²) >= 11 is 0. The van der Waals surface area contributed by atoms with Crippen molar-refractivity contribution in [3.63, 3.8) is 0 Å². The molecule has 2 N–H and O–H groups in total. The van der Waals surface area contributed by atoms with Crippen LogP contribution in [0.5, 0.6) is 5.75 Å². The maximum absolute atomic E-state index is 12.4. The van der Waals surface area contributed by atoms with Gasteiger partial charge in [-0.25, -0.2) is 0 Å². The molecule has 8 heteroatoms. The molecule has 0 aliphatic carbocycles. The molecule has 1 amide bonds. The van der Waals surface area contributed by atoms with E-state index in [9.17, 15) is 14.9 Å². The number of non-ortho nitro benzene ring substituents is 1. The van der Waals surface area contributed by atoms with Crippen molar-refractivity contribution >= 4 is 24.0 Å². The number of nitrogens with zero attached hydrogens (tertiary/aromatic N) is 2. The van der Waals surface area contributed by atoms with Crippen molar-refractivity contribution in [3.8, 4) is 5.75 Å². The quantitative estimate of drug-likeness (QED) is 0.674. The number of hydrogen-bond acceptors (Lipinski definition) is 5. The third kappa shape index (κ3) is 3.83. The van der Waals surface area contributed by atoms with Gasteiger partial charge in [0, 0.05) is 31.3 Å². The molecule has 0 radical (unpaired) electrons. The normalized spacial score (nSPS) is 15.2. The molecule has 0 atom stereocenters. The van der Waals surface area contributed by atoms with Crippen molar-refractivity contribution in [2.45, 2.75) is 18.9 Å². The second-order valence-corrected chi connectivity index (χ2v) is 4.77. The molecule has 1 aliphatic rings. The summed E-state index contributed by atoms with van der Waals surface area (Å²) in [6.45, 7) is 1.12. The van der Waals surface area contributed by atoms with Crippen LogP contribution < -0.4 is 10.5 Å². The molecule has 0 aromatic heterocycles. The highest BCUT2D eigenvalue weighted by atomic mass is 35.5. The lowest BCUT2D eigenvalue weighted by Gasteiger charge is -2.30. The van der Waals surface area contributed by atoms with Gasteiger partial charge in [0.05, 0.1) is 17.6 Å². The number of amides is 1. The Bertz CT molecular complexity index is 530. The van der Waals surface area contributed by atoms with E-state index in [0.717, 1.165) is 12.8 Å². The van der Waals surface area contributed by atoms with Crippen molar-refractivity contribution in [1.29, 1.82) is 0 Å². The summed E-state index contributed by atoms with van der Waals surface area (Å²) < 4.78 is 5.12. The van der Waals surface area contributed by atoms with Gasteiger partial charge in [0.25, 0.3) is 11.6 Å². The molecule has 1 aromatic rings. The van der Waals surface area contributed by atoms with Gasteiger partial charge in [-0.15, -0.1) is 12.4 Å². The first-order valence-corrected chi connectivity index (χ1v) is 6.40. The molecule has 0 saturated carbocycles. The number of methoxy groups -OCH3 is 1. The molecular formula is C13H18ClN3O4. The maximum atomic E-state index is 12.4. The van der Waals surface area contributed by atoms with Gasteiger partial charge in [-0.2, -0.15) is 0 Å². The van der Waals surface area contributed by atoms with Gasteiger partial charge in [0.1, 0.15) is 5.75 Å². The van der Waals surface area contributed by atoms with Crippen LogP contribution in [0.1, 0.15) is 23.2 Å². The van der Waals surface area contributed by atoms with Crippen LogP contribution in [0.4, 0.5) is 5.69 Å². The highest BCUT2D eigenvalue weighted by Gasteiger charge is 2.25. The van der Waals surface area contributed by atoms with Crippen molar-refractivity contribution in [2.75, 3.05) is 20.2 Å². The van der Waals surface area contributed by atoms with Crippen LogP contribution in [0.2, 0.25) is 0 Å². The van der Waals surface area contributed by atoms with E-state index in [4.69, 9.17) is 10.5 Å². The fourth-order valence-electron chi connectivity index (χ4n) is 2.25. The summed E-state index contributed by atoms with van der Waals surface area (Å²) in [6, 6.07) is 4.14. The van der Waals surface area contributed by atoms with E-state index in [1.807, 2.05) is 0 Å². The van der Waals surface area contributed by atoms with E-state index < -0.39 is 4.92 Å². The van der Waals surface area contributed by atoms with Gasteiger partial charge >= 0.3 is 0 Å². The number of benzene rings is 1. The molecule has 1 saturated heterocycles. The second kappa shape index (κ2) is 7.24. The zero-order valence-electron chi connectivity index (χ0n) is 11.7. The SMILES string of the molecule is COc1ccc([N+](=O)[O-])cc1C(=O)N1CCC(N)CC1.Cl. The second-order valence-electron chi connectivity index (χ2n) is 4.77. The minimum Gasteiger partial charge on any atom is -0.496 e. The van der Waals surface area contributed by atoms with Gasteiger partial charge < -0.3 is 15.4 Å². The molecule has 116 valence electrons. The van der Waals surface area contributed by atoms with E-state index in [1.165, 1.54) is 25.3 Å². The monoisotopic (exact) mass is 315 g/mol. The Hall–Kier alpha value is -1.86. The minimum absolute atomic E-state index is 0. The molecule has 21 heavy (non-hydrogen) atoms. The highest BCUT2D eigenvalue weighted by Crippen LogP contribution is 2.26. The van der Waals surface area contributed by atoms with Crippen molar-refractivity contribution in [2.24, 2.45) is 5.73 Å². The predicted molar refractivity (Wildman–Crippen MR) is 80.0 cm³/mol. The Balaban J connectivity index is 0.00000220. The summed E-state index contributed by atoms with van der Waals surface area (Å²) in [6.07, 6.45) is 1.48. The molecule has 7 nitrogen and oxygen atoms in total. The van der Waals surface area contributed by atoms with Gasteiger partial charge in [-0.1, -0.05) is 0 Å². The van der Waals surface area contributed by atoms with Crippen LogP contribution in [-0.4, -0.2) is 42.0 Å². The van der Waals surface area contributed by atoms with Crippen molar-refractivity contribution < 1.29 is 14.5 Å². The lowest BCUT2D eigenvalue weighted by Crippen LogP contribution is -2.42. The smallest absolute Gasteiger partial charge is 0.270 e. The van der Waals surface area contributed by atoms with Gasteiger partial charge in [-0.3, -0.25) is 14.9 Å². The first-order valence-electron chi connectivity index (χ1n) is 6.40. The van der Waals surface area contributed by atoms with E-state index >= 15 is 0 Å². The first-order chi connectivity index (χ1) is 9.52. The molecule has 1 aromatic carbocycles. The van der Waals surface area contributed by atoms with Crippen LogP contribution in [0.25, 0.3) is 0 Å². The van der Waals surface area contributed by atoms with Crippen molar-refractivity contribution in [3.05, 3.63) is 33.9 Å². The number of carbonyl (C=O) groups is 1. The van der Waals surface area contributed by atoms with E-state index in [1.54, 1.807) is 4.90 Å². The Morgan fingerprint density at radius 1 is 1.43 bits per heavy atom. The zero-order valence-corrected chi connectivity index (χ0v) is 12.5. The molecular weight excluding hydrogens is 298 g/mol. The standard InChI is InChI=1S/C13H17N3O4.ClH/c1-20-12-3-2-10(16(18)19)8-11(12)13(17)15-6-4-9(14)5-7-15;/h2-3,8-9H,4-7,14H2,1H3;1H. The number of ether oxygens (including phenoxy) is 1. The molecule has 1 heterocycles. The largest absolute Gasteiger partial charge is 0.496 e. The molecule has 0 spiro atoms. The Morgan fingerprint density at radius 2 is 2.05 bits per heavy atom. The van der Waals surface area contributed by atoms with Gasteiger partial charge in [0.2, 0.25) is 0 Å². The fourth-order valence-corrected chi connectivity index (χ4v) is 2.25. The number of nitrogens with two attached hydrogens (primary N) is 1. The summed E-state index contributed by atoms with van der Waals surface area (Å²) in [5, 5.41) is 10.8. The number of nitro groups is 1. The van der Waals surface area contributed by atoms with E-state index in [0.29, 0.717) is 18.8 Å². The number of halogens is 1. The maximum Gasteiger partial charge on any atom is 0.270 e. The topological polar surface area (TPSA) is 98.7 Å². The first kappa shape index (κ1) is 17.2. The zero-order chi connectivity index (χ0) is 14.7. The number of carbonyl (C=O) groups excluding carboxylic acids is 1. The van der Waals surface area contributed by atoms with Gasteiger partial charge in [0.15, 0.2) is 0 Å². The molecule has 1 aliphatic heterocycles. The van der Waals surface area contributed by atoms with E-state index in [-0.39, 0.29) is 35.6 Å². The fraction of sp³-hybridized carbons (Fsp3) is 0.462. The number of rotatable bonds is 3. The minimum atomic E-state index is -0.525. The summed E-state index contributed by atoms with van der Waals surface area (Å²) in [7, 11) is 1.43. The predicted octanol–water partition coefficient (Wildman–Crippen LogP) is 1.59. The number of piperidine rings is 1. The summed E-state index contributed by atoms with van der Waals surface area (Å²) in [4.78, 5) is 24.4.